The van der Waals surface area contributed by atoms with Gasteiger partial charge in [0.1, 0.15) is 11.3 Å². The maximum absolute atomic E-state index is 9.74. The van der Waals surface area contributed by atoms with Crippen molar-refractivity contribution in [2.45, 2.75) is 58.7 Å². The Hall–Kier alpha value is -2.95. The molecule has 3 aromatic rings. The lowest BCUT2D eigenvalue weighted by atomic mass is 10.1. The molecule has 0 bridgehead atoms. The number of hydrogen-bond donors (Lipinski definition) is 3. The summed E-state index contributed by atoms with van der Waals surface area (Å²) in [6.07, 6.45) is 6.42. The van der Waals surface area contributed by atoms with Gasteiger partial charge >= 0.3 is 0 Å². The third-order valence-corrected chi connectivity index (χ3v) is 5.98. The summed E-state index contributed by atoms with van der Waals surface area (Å²) in [5.41, 5.74) is 15.0. The summed E-state index contributed by atoms with van der Waals surface area (Å²) in [5.74, 6) is 1.60. The Kier molecular flexibility index (Phi) is 10.1. The molecule has 1 atom stereocenters. The van der Waals surface area contributed by atoms with Crippen LogP contribution in [-0.2, 0) is 17.8 Å². The van der Waals surface area contributed by atoms with E-state index in [1.165, 1.54) is 12.8 Å². The number of nitrogens with two attached hydrogens (primary N) is 2. The van der Waals surface area contributed by atoms with Crippen molar-refractivity contribution in [2.24, 2.45) is 5.73 Å². The van der Waals surface area contributed by atoms with E-state index in [0.29, 0.717) is 29.9 Å². The number of hydrogen-bond acceptors (Lipinski definition) is 9. The molecule has 1 aliphatic rings. The van der Waals surface area contributed by atoms with Crippen LogP contribution >= 0.6 is 0 Å². The number of aliphatic hydroxyl groups excluding tert-OH is 1. The van der Waals surface area contributed by atoms with Gasteiger partial charge in [0, 0.05) is 31.9 Å². The summed E-state index contributed by atoms with van der Waals surface area (Å²) in [6.45, 7) is 7.82. The number of benzene rings is 1. The van der Waals surface area contributed by atoms with Gasteiger partial charge in [-0.25, -0.2) is 4.98 Å². The van der Waals surface area contributed by atoms with Crippen LogP contribution in [0.15, 0.2) is 24.4 Å². The standard InChI is InChI=1S/C21H31N7O2.C4H8O/c1-4-5-8-28(14(2)13-29)20-19-17(24-21(23)25-20)12-27(26-19)11-16-7-6-15(10-22)9-18(16)30-3;1-2-4-5-3-1/h6-7,9,12,14,29H,4-5,8,10-11,13,22H2,1-3H3,(H2,23,24);1-4H2. The van der Waals surface area contributed by atoms with Crippen LogP contribution in [0, 0.1) is 0 Å². The molecule has 0 spiro atoms. The van der Waals surface area contributed by atoms with Crippen molar-refractivity contribution in [1.29, 1.82) is 0 Å². The van der Waals surface area contributed by atoms with Crippen LogP contribution in [0.3, 0.4) is 0 Å². The second kappa shape index (κ2) is 13.2. The van der Waals surface area contributed by atoms with Crippen LogP contribution in [0.2, 0.25) is 0 Å². The van der Waals surface area contributed by atoms with Crippen LogP contribution in [0.25, 0.3) is 11.0 Å². The molecule has 0 saturated carbocycles. The quantitative estimate of drug-likeness (QED) is 0.396. The highest BCUT2D eigenvalue weighted by Crippen LogP contribution is 2.27. The molecule has 4 rings (SSSR count). The van der Waals surface area contributed by atoms with Crippen LogP contribution in [0.5, 0.6) is 5.75 Å². The highest BCUT2D eigenvalue weighted by molar-refractivity contribution is 5.86. The number of rotatable bonds is 10. The van der Waals surface area contributed by atoms with Gasteiger partial charge in [0.05, 0.1) is 32.5 Å². The number of ether oxygens (including phenoxy) is 2. The first-order valence-electron chi connectivity index (χ1n) is 12.3. The monoisotopic (exact) mass is 485 g/mol. The molecule has 0 aliphatic carbocycles. The average molecular weight is 486 g/mol. The summed E-state index contributed by atoms with van der Waals surface area (Å²) in [4.78, 5) is 10.9. The molecular formula is C25H39N7O3. The Morgan fingerprint density at radius 1 is 1.26 bits per heavy atom. The summed E-state index contributed by atoms with van der Waals surface area (Å²) in [5, 5.41) is 14.5. The number of aliphatic hydroxyl groups is 1. The van der Waals surface area contributed by atoms with E-state index in [0.717, 1.165) is 49.5 Å². The number of fused-ring (bicyclic) bond motifs is 1. The lowest BCUT2D eigenvalue weighted by Gasteiger charge is -2.29. The molecule has 10 nitrogen and oxygen atoms in total. The summed E-state index contributed by atoms with van der Waals surface area (Å²) >= 11 is 0. The van der Waals surface area contributed by atoms with E-state index in [4.69, 9.17) is 26.0 Å². The molecule has 0 radical (unpaired) electrons. The van der Waals surface area contributed by atoms with E-state index in [1.807, 2.05) is 36.0 Å². The molecule has 1 saturated heterocycles. The van der Waals surface area contributed by atoms with E-state index in [1.54, 1.807) is 7.11 Å². The molecule has 0 amide bonds. The zero-order valence-electron chi connectivity index (χ0n) is 21.1. The number of unbranched alkanes of at least 4 members (excludes halogenated alkanes) is 1. The van der Waals surface area contributed by atoms with Crippen molar-refractivity contribution in [3.63, 3.8) is 0 Å². The van der Waals surface area contributed by atoms with Crippen LogP contribution < -0.4 is 21.1 Å². The maximum atomic E-state index is 9.74. The highest BCUT2D eigenvalue weighted by Gasteiger charge is 2.21. The van der Waals surface area contributed by atoms with Gasteiger partial charge in [-0.1, -0.05) is 25.5 Å². The van der Waals surface area contributed by atoms with E-state index in [2.05, 4.69) is 21.8 Å². The summed E-state index contributed by atoms with van der Waals surface area (Å²) in [7, 11) is 1.64. The van der Waals surface area contributed by atoms with Gasteiger partial charge < -0.3 is 30.9 Å². The molecule has 1 fully saturated rings. The molecule has 192 valence electrons. The molecule has 10 heteroatoms. The van der Waals surface area contributed by atoms with E-state index >= 15 is 0 Å². The van der Waals surface area contributed by atoms with Crippen LogP contribution in [0.4, 0.5) is 11.8 Å². The Morgan fingerprint density at radius 3 is 2.63 bits per heavy atom. The maximum Gasteiger partial charge on any atom is 0.222 e. The van der Waals surface area contributed by atoms with Crippen molar-refractivity contribution in [1.82, 2.24) is 19.7 Å². The number of aromatic nitrogens is 4. The van der Waals surface area contributed by atoms with Gasteiger partial charge in [0.2, 0.25) is 5.95 Å². The molecule has 1 aromatic carbocycles. The molecule has 3 heterocycles. The smallest absolute Gasteiger partial charge is 0.222 e. The zero-order valence-corrected chi connectivity index (χ0v) is 21.1. The summed E-state index contributed by atoms with van der Waals surface area (Å²) < 4.78 is 12.3. The van der Waals surface area contributed by atoms with Gasteiger partial charge in [-0.05, 0) is 37.8 Å². The van der Waals surface area contributed by atoms with E-state index in [9.17, 15) is 5.11 Å². The molecule has 5 N–H and O–H groups in total. The number of anilines is 2. The Balaban J connectivity index is 0.000000607. The fourth-order valence-electron chi connectivity index (χ4n) is 3.94. The minimum Gasteiger partial charge on any atom is -0.496 e. The van der Waals surface area contributed by atoms with Gasteiger partial charge in [-0.2, -0.15) is 10.1 Å². The second-order valence-electron chi connectivity index (χ2n) is 8.71. The molecule has 1 aliphatic heterocycles. The third-order valence-electron chi connectivity index (χ3n) is 5.98. The lowest BCUT2D eigenvalue weighted by Crippen LogP contribution is -2.37. The SMILES string of the molecule is C1CCOC1.CCCCN(c1nc(N)nc2cn(Cc3ccc(CN)cc3OC)nc12)C(C)CO. The van der Waals surface area contributed by atoms with Crippen molar-refractivity contribution < 1.29 is 14.6 Å². The summed E-state index contributed by atoms with van der Waals surface area (Å²) in [6, 6.07) is 5.81. The van der Waals surface area contributed by atoms with Gasteiger partial charge in [-0.3, -0.25) is 4.68 Å². The largest absolute Gasteiger partial charge is 0.496 e. The molecule has 2 aromatic heterocycles. The molecule has 35 heavy (non-hydrogen) atoms. The van der Waals surface area contributed by atoms with Crippen molar-refractivity contribution in [3.8, 4) is 5.75 Å². The highest BCUT2D eigenvalue weighted by atomic mass is 16.5. The van der Waals surface area contributed by atoms with Crippen molar-refractivity contribution in [2.75, 3.05) is 44.1 Å². The Bertz CT molecular complexity index is 1060. The average Bonchev–Trinajstić information content (AvgIpc) is 3.57. The van der Waals surface area contributed by atoms with Crippen molar-refractivity contribution >= 4 is 22.8 Å². The normalized spacial score (nSPS) is 14.0. The number of nitrogen functional groups attached to an aromatic ring is 1. The second-order valence-corrected chi connectivity index (χ2v) is 8.71. The predicted molar refractivity (Wildman–Crippen MR) is 139 cm³/mol. The first-order valence-corrected chi connectivity index (χ1v) is 12.3. The Morgan fingerprint density at radius 2 is 2.03 bits per heavy atom. The zero-order chi connectivity index (χ0) is 25.2. The first-order chi connectivity index (χ1) is 17.0. The molecule has 1 unspecified atom stereocenters. The van der Waals surface area contributed by atoms with Gasteiger partial charge in [-0.15, -0.1) is 0 Å². The van der Waals surface area contributed by atoms with Crippen LogP contribution in [0.1, 0.15) is 50.7 Å². The van der Waals surface area contributed by atoms with E-state index < -0.39 is 0 Å². The lowest BCUT2D eigenvalue weighted by molar-refractivity contribution is 0.198. The minimum atomic E-state index is -0.108. The predicted octanol–water partition coefficient (Wildman–Crippen LogP) is 2.71. The van der Waals surface area contributed by atoms with Crippen molar-refractivity contribution in [3.05, 3.63) is 35.5 Å². The number of methoxy groups -OCH3 is 1. The fourth-order valence-corrected chi connectivity index (χ4v) is 3.94. The topological polar surface area (TPSA) is 138 Å². The van der Waals surface area contributed by atoms with Gasteiger partial charge in [0.15, 0.2) is 11.3 Å². The minimum absolute atomic E-state index is 0.0144. The van der Waals surface area contributed by atoms with Crippen LogP contribution in [-0.4, -0.2) is 64.4 Å². The van der Waals surface area contributed by atoms with E-state index in [-0.39, 0.29) is 18.6 Å². The Labute approximate surface area is 207 Å². The third kappa shape index (κ3) is 7.03. The number of nitrogens with zero attached hydrogens (tertiary/aromatic N) is 5. The first kappa shape index (κ1) is 26.7. The molecular weight excluding hydrogens is 446 g/mol. The fraction of sp³-hybridized carbons (Fsp3) is 0.560. The van der Waals surface area contributed by atoms with Gasteiger partial charge in [0.25, 0.3) is 0 Å².